The van der Waals surface area contributed by atoms with E-state index in [9.17, 15) is 0 Å². The second-order valence-electron chi connectivity index (χ2n) is 4.94. The monoisotopic (exact) mass is 194 g/mol. The van der Waals surface area contributed by atoms with E-state index in [1.807, 2.05) is 0 Å². The highest BCUT2D eigenvalue weighted by Gasteiger charge is 2.29. The number of hydrogen-bond donors (Lipinski definition) is 0. The quantitative estimate of drug-likeness (QED) is 0.690. The molecule has 0 spiro atoms. The summed E-state index contributed by atoms with van der Waals surface area (Å²) in [5.41, 5.74) is 0. The molecule has 0 aromatic heterocycles. The van der Waals surface area contributed by atoms with E-state index in [0.717, 1.165) is 12.3 Å². The van der Waals surface area contributed by atoms with Crippen LogP contribution in [-0.2, 0) is 0 Å². The molecule has 1 saturated heterocycles. The summed E-state index contributed by atoms with van der Waals surface area (Å²) in [6.07, 6.45) is 4.48. The molecule has 1 aliphatic rings. The Kier molecular flexibility index (Phi) is 4.41. The second kappa shape index (κ2) is 5.36. The fourth-order valence-corrected chi connectivity index (χ4v) is 2.53. The van der Waals surface area contributed by atoms with Crippen LogP contribution >= 0.6 is 0 Å². The highest BCUT2D eigenvalue weighted by atomic mass is 15.1. The summed E-state index contributed by atoms with van der Waals surface area (Å²) >= 11 is 0. The van der Waals surface area contributed by atoms with Gasteiger partial charge in [0.15, 0.2) is 0 Å². The van der Waals surface area contributed by atoms with E-state index < -0.39 is 0 Å². The first-order valence-electron chi connectivity index (χ1n) is 5.72. The Labute approximate surface area is 87.9 Å². The highest BCUT2D eigenvalue weighted by Crippen LogP contribution is 2.29. The standard InChI is InChI=1S/C12H22N2/c1-10(2)9-12-11(6-7-13)5-4-8-14(12)3/h10-12H,4-6,8-9H2,1-3H3. The molecule has 14 heavy (non-hydrogen) atoms. The fourth-order valence-electron chi connectivity index (χ4n) is 2.53. The maximum atomic E-state index is 8.79. The Balaban J connectivity index is 2.57. The summed E-state index contributed by atoms with van der Waals surface area (Å²) in [5.74, 6) is 1.35. The van der Waals surface area contributed by atoms with E-state index >= 15 is 0 Å². The van der Waals surface area contributed by atoms with E-state index in [4.69, 9.17) is 5.26 Å². The van der Waals surface area contributed by atoms with Crippen molar-refractivity contribution in [2.75, 3.05) is 13.6 Å². The van der Waals surface area contributed by atoms with Gasteiger partial charge in [-0.2, -0.15) is 5.26 Å². The van der Waals surface area contributed by atoms with Gasteiger partial charge in [-0.05, 0) is 44.7 Å². The Hall–Kier alpha value is -0.550. The first kappa shape index (κ1) is 11.5. The Morgan fingerprint density at radius 2 is 2.21 bits per heavy atom. The fraction of sp³-hybridized carbons (Fsp3) is 0.917. The third-order valence-corrected chi connectivity index (χ3v) is 3.26. The lowest BCUT2D eigenvalue weighted by Crippen LogP contribution is -2.43. The molecule has 0 aromatic rings. The summed E-state index contributed by atoms with van der Waals surface area (Å²) in [5, 5.41) is 8.79. The summed E-state index contributed by atoms with van der Waals surface area (Å²) in [7, 11) is 2.20. The SMILES string of the molecule is CC(C)CC1C(CC#N)CCCN1C. The van der Waals surface area contributed by atoms with Crippen LogP contribution in [-0.4, -0.2) is 24.5 Å². The van der Waals surface area contributed by atoms with Crippen LogP contribution in [0.3, 0.4) is 0 Å². The molecule has 2 atom stereocenters. The summed E-state index contributed by atoms with van der Waals surface area (Å²) in [6, 6.07) is 2.98. The van der Waals surface area contributed by atoms with Crippen LogP contribution in [0.25, 0.3) is 0 Å². The Bertz CT molecular complexity index is 205. The van der Waals surface area contributed by atoms with E-state index in [-0.39, 0.29) is 0 Å². The maximum absolute atomic E-state index is 8.79. The molecule has 2 unspecified atom stereocenters. The number of hydrogen-bond acceptors (Lipinski definition) is 2. The average molecular weight is 194 g/mol. The minimum atomic E-state index is 0.612. The molecule has 1 aliphatic heterocycles. The molecule has 0 aromatic carbocycles. The van der Waals surface area contributed by atoms with Crippen molar-refractivity contribution in [1.82, 2.24) is 4.90 Å². The van der Waals surface area contributed by atoms with Gasteiger partial charge in [-0.3, -0.25) is 0 Å². The predicted molar refractivity (Wildman–Crippen MR) is 58.8 cm³/mol. The van der Waals surface area contributed by atoms with Crippen LogP contribution in [0.4, 0.5) is 0 Å². The van der Waals surface area contributed by atoms with Crippen molar-refractivity contribution >= 4 is 0 Å². The third-order valence-electron chi connectivity index (χ3n) is 3.26. The zero-order valence-corrected chi connectivity index (χ0v) is 9.66. The Morgan fingerprint density at radius 1 is 1.50 bits per heavy atom. The van der Waals surface area contributed by atoms with Gasteiger partial charge < -0.3 is 4.90 Å². The molecule has 80 valence electrons. The smallest absolute Gasteiger partial charge is 0.0625 e. The van der Waals surface area contributed by atoms with Crippen molar-refractivity contribution < 1.29 is 0 Å². The predicted octanol–water partition coefficient (Wildman–Crippen LogP) is 2.66. The normalized spacial score (nSPS) is 29.1. The van der Waals surface area contributed by atoms with E-state index in [2.05, 4.69) is 31.9 Å². The lowest BCUT2D eigenvalue weighted by molar-refractivity contribution is 0.104. The first-order valence-corrected chi connectivity index (χ1v) is 5.72. The van der Waals surface area contributed by atoms with Gasteiger partial charge in [-0.25, -0.2) is 0 Å². The van der Waals surface area contributed by atoms with Crippen LogP contribution < -0.4 is 0 Å². The van der Waals surface area contributed by atoms with Crippen molar-refractivity contribution in [3.63, 3.8) is 0 Å². The average Bonchev–Trinajstić information content (AvgIpc) is 2.11. The second-order valence-corrected chi connectivity index (χ2v) is 4.94. The topological polar surface area (TPSA) is 27.0 Å². The van der Waals surface area contributed by atoms with E-state index in [1.165, 1.54) is 25.8 Å². The van der Waals surface area contributed by atoms with Gasteiger partial charge in [0, 0.05) is 12.5 Å². The molecule has 0 N–H and O–H groups in total. The molecule has 2 nitrogen and oxygen atoms in total. The molecular weight excluding hydrogens is 172 g/mol. The summed E-state index contributed by atoms with van der Waals surface area (Å²) in [4.78, 5) is 2.45. The number of rotatable bonds is 3. The van der Waals surface area contributed by atoms with Gasteiger partial charge in [0.25, 0.3) is 0 Å². The molecule has 0 aliphatic carbocycles. The van der Waals surface area contributed by atoms with Gasteiger partial charge in [0.05, 0.1) is 6.07 Å². The van der Waals surface area contributed by atoms with Crippen molar-refractivity contribution in [3.8, 4) is 6.07 Å². The van der Waals surface area contributed by atoms with Gasteiger partial charge in [-0.15, -0.1) is 0 Å². The number of piperidine rings is 1. The number of nitrogens with zero attached hydrogens (tertiary/aromatic N) is 2. The molecule has 2 heteroatoms. The minimum absolute atomic E-state index is 0.612. The largest absolute Gasteiger partial charge is 0.303 e. The maximum Gasteiger partial charge on any atom is 0.0625 e. The third kappa shape index (κ3) is 2.99. The van der Waals surface area contributed by atoms with Gasteiger partial charge in [0.2, 0.25) is 0 Å². The molecule has 0 amide bonds. The van der Waals surface area contributed by atoms with Crippen LogP contribution in [0.1, 0.15) is 39.5 Å². The van der Waals surface area contributed by atoms with Crippen LogP contribution in [0.15, 0.2) is 0 Å². The number of likely N-dealkylation sites (tertiary alicyclic amines) is 1. The van der Waals surface area contributed by atoms with Crippen LogP contribution in [0.5, 0.6) is 0 Å². The van der Waals surface area contributed by atoms with Crippen molar-refractivity contribution in [1.29, 1.82) is 5.26 Å². The summed E-state index contributed by atoms with van der Waals surface area (Å²) < 4.78 is 0. The van der Waals surface area contributed by atoms with Crippen LogP contribution in [0, 0.1) is 23.2 Å². The van der Waals surface area contributed by atoms with E-state index in [0.29, 0.717) is 12.0 Å². The molecular formula is C12H22N2. The molecule has 0 bridgehead atoms. The zero-order chi connectivity index (χ0) is 10.6. The highest BCUT2D eigenvalue weighted by molar-refractivity contribution is 4.88. The summed E-state index contributed by atoms with van der Waals surface area (Å²) in [6.45, 7) is 5.75. The van der Waals surface area contributed by atoms with Gasteiger partial charge in [0.1, 0.15) is 0 Å². The van der Waals surface area contributed by atoms with Gasteiger partial charge >= 0.3 is 0 Å². The lowest BCUT2D eigenvalue weighted by Gasteiger charge is -2.39. The number of nitriles is 1. The minimum Gasteiger partial charge on any atom is -0.303 e. The van der Waals surface area contributed by atoms with Crippen molar-refractivity contribution in [2.45, 2.75) is 45.6 Å². The first-order chi connectivity index (χ1) is 6.65. The molecule has 1 rings (SSSR count). The van der Waals surface area contributed by atoms with Crippen molar-refractivity contribution in [3.05, 3.63) is 0 Å². The zero-order valence-electron chi connectivity index (χ0n) is 9.66. The van der Waals surface area contributed by atoms with Gasteiger partial charge in [-0.1, -0.05) is 13.8 Å². The molecule has 0 saturated carbocycles. The molecule has 0 radical (unpaired) electrons. The molecule has 1 fully saturated rings. The van der Waals surface area contributed by atoms with Crippen LogP contribution in [0.2, 0.25) is 0 Å². The lowest BCUT2D eigenvalue weighted by atomic mass is 9.83. The Morgan fingerprint density at radius 3 is 2.79 bits per heavy atom. The van der Waals surface area contributed by atoms with Crippen molar-refractivity contribution in [2.24, 2.45) is 11.8 Å². The molecule has 1 heterocycles. The van der Waals surface area contributed by atoms with E-state index in [1.54, 1.807) is 0 Å².